The Labute approximate surface area is 221 Å². The van der Waals surface area contributed by atoms with Gasteiger partial charge in [0.1, 0.15) is 5.69 Å². The van der Waals surface area contributed by atoms with E-state index in [1.54, 1.807) is 0 Å². The summed E-state index contributed by atoms with van der Waals surface area (Å²) in [6.07, 6.45) is 0. The molecular weight excluding hydrogens is 532 g/mol. The van der Waals surface area contributed by atoms with E-state index in [0.717, 1.165) is 0 Å². The Morgan fingerprint density at radius 3 is 1.42 bits per heavy atom. The van der Waals surface area contributed by atoms with Crippen LogP contribution in [0.2, 0.25) is 0 Å². The second-order valence-corrected chi connectivity index (χ2v) is 13.6. The summed E-state index contributed by atoms with van der Waals surface area (Å²) in [5, 5.41) is 14.3. The summed E-state index contributed by atoms with van der Waals surface area (Å²) in [4.78, 5) is 16.2. The fourth-order valence-corrected chi connectivity index (χ4v) is 7.96. The van der Waals surface area contributed by atoms with Crippen LogP contribution in [-0.2, 0) is 20.0 Å². The molecule has 14 heteroatoms. The van der Waals surface area contributed by atoms with Crippen molar-refractivity contribution in [2.75, 3.05) is 71.9 Å². The minimum atomic E-state index is -3.85. The summed E-state index contributed by atoms with van der Waals surface area (Å²) in [6.45, 7) is 3.75. The maximum Gasteiger partial charge on any atom is 0.243 e. The first kappa shape index (κ1) is 26.9. The predicted molar refractivity (Wildman–Crippen MR) is 145 cm³/mol. The minimum Gasteiger partial charge on any atom is -0.304 e. The normalized spacial score (nSPS) is 19.2. The molecule has 2 heterocycles. The van der Waals surface area contributed by atoms with Crippen LogP contribution in [0.25, 0.3) is 21.5 Å². The fourth-order valence-electron chi connectivity index (χ4n) is 5.06. The molecule has 2 fully saturated rings. The third-order valence-corrected chi connectivity index (χ3v) is 11.2. The lowest BCUT2D eigenvalue weighted by Gasteiger charge is -2.31. The summed E-state index contributed by atoms with van der Waals surface area (Å²) in [6, 6.07) is 8.62. The molecule has 2 N–H and O–H groups in total. The predicted octanol–water partition coefficient (Wildman–Crippen LogP) is 2.06. The van der Waals surface area contributed by atoms with Gasteiger partial charge >= 0.3 is 0 Å². The van der Waals surface area contributed by atoms with Gasteiger partial charge in [-0.2, -0.15) is 8.61 Å². The molecule has 0 atom stereocenters. The Kier molecular flexibility index (Phi) is 7.15. The Balaban J connectivity index is 1.67. The van der Waals surface area contributed by atoms with E-state index >= 15 is 0 Å². The third-order valence-electron chi connectivity index (χ3n) is 7.43. The van der Waals surface area contributed by atoms with Crippen molar-refractivity contribution in [2.45, 2.75) is 9.79 Å². The van der Waals surface area contributed by atoms with Crippen LogP contribution in [0.1, 0.15) is 0 Å². The van der Waals surface area contributed by atoms with Crippen molar-refractivity contribution in [3.63, 3.8) is 0 Å². The van der Waals surface area contributed by atoms with Crippen LogP contribution in [0.4, 0.5) is 11.4 Å². The number of anilines is 1. The zero-order chi connectivity index (χ0) is 27.2. The van der Waals surface area contributed by atoms with Crippen LogP contribution in [-0.4, -0.2) is 107 Å². The second kappa shape index (κ2) is 10.1. The zero-order valence-corrected chi connectivity index (χ0v) is 22.8. The Morgan fingerprint density at radius 1 is 0.684 bits per heavy atom. The number of nitroso groups, excluding NO2 is 1. The van der Waals surface area contributed by atoms with Crippen molar-refractivity contribution in [1.82, 2.24) is 18.4 Å². The van der Waals surface area contributed by atoms with Gasteiger partial charge in [-0.3, -0.25) is 10.7 Å². The van der Waals surface area contributed by atoms with Gasteiger partial charge in [-0.25, -0.2) is 16.8 Å². The molecule has 3 aromatic rings. The highest BCUT2D eigenvalue weighted by Crippen LogP contribution is 2.43. The van der Waals surface area contributed by atoms with E-state index in [1.807, 2.05) is 23.9 Å². The molecule has 0 amide bonds. The summed E-state index contributed by atoms with van der Waals surface area (Å²) in [7, 11) is -3.85. The van der Waals surface area contributed by atoms with Crippen molar-refractivity contribution in [2.24, 2.45) is 5.18 Å². The maximum absolute atomic E-state index is 13.4. The van der Waals surface area contributed by atoms with E-state index in [-0.39, 0.29) is 31.9 Å². The molecule has 38 heavy (non-hydrogen) atoms. The number of hydrogen-bond donors (Lipinski definition) is 2. The summed E-state index contributed by atoms with van der Waals surface area (Å²) < 4.78 is 56.3. The van der Waals surface area contributed by atoms with E-state index < -0.39 is 20.0 Å². The van der Waals surface area contributed by atoms with Gasteiger partial charge in [0.25, 0.3) is 0 Å². The number of piperazine rings is 2. The molecule has 2 aliphatic rings. The van der Waals surface area contributed by atoms with Crippen LogP contribution >= 0.6 is 0 Å². The molecule has 0 bridgehead atoms. The Bertz CT molecular complexity index is 1500. The molecule has 3 aromatic carbocycles. The van der Waals surface area contributed by atoms with Crippen molar-refractivity contribution in [1.29, 1.82) is 0 Å². The lowest BCUT2D eigenvalue weighted by molar-refractivity contribution is 0.222. The van der Waals surface area contributed by atoms with Crippen LogP contribution in [0.15, 0.2) is 51.4 Å². The van der Waals surface area contributed by atoms with Gasteiger partial charge in [0.2, 0.25) is 20.0 Å². The molecule has 0 aromatic heterocycles. The van der Waals surface area contributed by atoms with Crippen LogP contribution < -0.4 is 5.48 Å². The van der Waals surface area contributed by atoms with Gasteiger partial charge in [0, 0.05) is 73.9 Å². The largest absolute Gasteiger partial charge is 0.304 e. The van der Waals surface area contributed by atoms with E-state index in [2.05, 4.69) is 10.7 Å². The number of benzene rings is 3. The Morgan fingerprint density at radius 2 is 1.08 bits per heavy atom. The standard InChI is InChI=1S/C24H30N6O6S2/c1-27-7-11-29(12-8-27)37(33,34)17-3-5-19-21(15-17)24(26-32)22-16-18(4-6-20(22)23(19)25-31)38(35,36)30-13-9-28(2)10-14-30/h3-6,15-16,25,31H,7-14H2,1-2H3. The minimum absolute atomic E-state index is 0.0103. The smallest absolute Gasteiger partial charge is 0.243 e. The highest BCUT2D eigenvalue weighted by molar-refractivity contribution is 7.89. The lowest BCUT2D eigenvalue weighted by Crippen LogP contribution is -2.47. The van der Waals surface area contributed by atoms with Gasteiger partial charge < -0.3 is 9.80 Å². The van der Waals surface area contributed by atoms with E-state index in [9.17, 15) is 26.9 Å². The number of nitrogens with one attached hydrogen (secondary N) is 1. The van der Waals surface area contributed by atoms with Gasteiger partial charge in [-0.15, -0.1) is 4.91 Å². The van der Waals surface area contributed by atoms with Crippen molar-refractivity contribution in [3.8, 4) is 0 Å². The molecule has 0 radical (unpaired) electrons. The maximum atomic E-state index is 13.4. The topological polar surface area (TPSA) is 143 Å². The second-order valence-electron chi connectivity index (χ2n) is 9.76. The van der Waals surface area contributed by atoms with Crippen LogP contribution in [0.5, 0.6) is 0 Å². The molecule has 2 aliphatic heterocycles. The quantitative estimate of drug-likeness (QED) is 0.262. The summed E-state index contributed by atoms with van der Waals surface area (Å²) in [5.74, 6) is 0. The average Bonchev–Trinajstić information content (AvgIpc) is 2.91. The number of nitrogens with zero attached hydrogens (tertiary/aromatic N) is 5. The average molecular weight is 563 g/mol. The number of rotatable bonds is 6. The monoisotopic (exact) mass is 562 g/mol. The molecular formula is C24H30N6O6S2. The first-order chi connectivity index (χ1) is 18.1. The highest BCUT2D eigenvalue weighted by Gasteiger charge is 2.30. The molecule has 0 spiro atoms. The molecule has 204 valence electrons. The van der Waals surface area contributed by atoms with Crippen LogP contribution in [0, 0.1) is 4.91 Å². The molecule has 0 aliphatic carbocycles. The Hall–Kier alpha value is -2.72. The summed E-state index contributed by atoms with van der Waals surface area (Å²) >= 11 is 0. The number of likely N-dealkylation sites (N-methyl/N-ethyl adjacent to an activating group) is 2. The highest BCUT2D eigenvalue weighted by atomic mass is 32.2. The summed E-state index contributed by atoms with van der Waals surface area (Å²) in [5.41, 5.74) is 2.26. The number of fused-ring (bicyclic) bond motifs is 2. The third kappa shape index (κ3) is 4.55. The molecule has 5 rings (SSSR count). The van der Waals surface area contributed by atoms with Gasteiger partial charge in [-0.05, 0) is 43.5 Å². The fraction of sp³-hybridized carbons (Fsp3) is 0.417. The molecule has 0 unspecified atom stereocenters. The van der Waals surface area contributed by atoms with Crippen molar-refractivity contribution in [3.05, 3.63) is 41.3 Å². The van der Waals surface area contributed by atoms with E-state index in [4.69, 9.17) is 0 Å². The van der Waals surface area contributed by atoms with Crippen molar-refractivity contribution >= 4 is 53.0 Å². The lowest BCUT2D eigenvalue weighted by atomic mass is 9.99. The first-order valence-electron chi connectivity index (χ1n) is 12.2. The van der Waals surface area contributed by atoms with Crippen molar-refractivity contribution < 1.29 is 22.0 Å². The molecule has 12 nitrogen and oxygen atoms in total. The SMILES string of the molecule is CN1CCN(S(=O)(=O)c2ccc3c(NO)c4ccc(S(=O)(=O)N5CCN(C)CC5)cc4c(N=O)c3c2)CC1. The number of sulfonamides is 2. The van der Waals surface area contributed by atoms with E-state index in [0.29, 0.717) is 63.1 Å². The van der Waals surface area contributed by atoms with E-state index in [1.165, 1.54) is 45.0 Å². The van der Waals surface area contributed by atoms with Gasteiger partial charge in [0.05, 0.1) is 15.5 Å². The number of hydrogen-bond acceptors (Lipinski definition) is 10. The van der Waals surface area contributed by atoms with Crippen LogP contribution in [0.3, 0.4) is 0 Å². The zero-order valence-electron chi connectivity index (χ0n) is 21.2. The molecule has 2 saturated heterocycles. The van der Waals surface area contributed by atoms with Gasteiger partial charge in [-0.1, -0.05) is 12.1 Å². The molecule has 0 saturated carbocycles. The van der Waals surface area contributed by atoms with Gasteiger partial charge in [0.15, 0.2) is 0 Å². The first-order valence-corrected chi connectivity index (χ1v) is 15.1.